The molecular formula is C19H27NO4. The molecule has 1 aromatic rings. The lowest BCUT2D eigenvalue weighted by Crippen LogP contribution is -2.49. The van der Waals surface area contributed by atoms with Gasteiger partial charge in [0.25, 0.3) is 0 Å². The summed E-state index contributed by atoms with van der Waals surface area (Å²) >= 11 is 0. The fourth-order valence-electron chi connectivity index (χ4n) is 3.14. The number of methoxy groups -OCH3 is 1. The van der Waals surface area contributed by atoms with Crippen molar-refractivity contribution in [2.75, 3.05) is 26.8 Å². The third-order valence-electron chi connectivity index (χ3n) is 4.67. The maximum absolute atomic E-state index is 13.0. The maximum Gasteiger partial charge on any atom is 0.310 e. The van der Waals surface area contributed by atoms with E-state index in [2.05, 4.69) is 0 Å². The van der Waals surface area contributed by atoms with E-state index in [9.17, 15) is 9.59 Å². The van der Waals surface area contributed by atoms with Gasteiger partial charge in [0.05, 0.1) is 25.0 Å². The van der Waals surface area contributed by atoms with E-state index in [0.717, 1.165) is 24.2 Å². The number of hydrogen-bond donors (Lipinski definition) is 0. The molecule has 0 radical (unpaired) electrons. The smallest absolute Gasteiger partial charge is 0.310 e. The van der Waals surface area contributed by atoms with Crippen molar-refractivity contribution in [3.8, 4) is 5.75 Å². The molecule has 0 aliphatic carbocycles. The standard InChI is InChI=1S/C19H27NO4/c1-5-24-17(21)14-7-6-12-20(13-14)18(22)19(2,3)15-8-10-16(23-4)11-9-15/h8-11,14H,5-7,12-13H2,1-4H3. The van der Waals surface area contributed by atoms with Crippen LogP contribution in [-0.2, 0) is 19.7 Å². The summed E-state index contributed by atoms with van der Waals surface area (Å²) in [5.41, 5.74) is 0.287. The topological polar surface area (TPSA) is 55.8 Å². The molecule has 0 spiro atoms. The Morgan fingerprint density at radius 2 is 1.92 bits per heavy atom. The Labute approximate surface area is 143 Å². The summed E-state index contributed by atoms with van der Waals surface area (Å²) in [6.45, 7) is 7.15. The average molecular weight is 333 g/mol. The third-order valence-corrected chi connectivity index (χ3v) is 4.67. The van der Waals surface area contributed by atoms with Crippen molar-refractivity contribution in [2.24, 2.45) is 5.92 Å². The Morgan fingerprint density at radius 3 is 2.50 bits per heavy atom. The van der Waals surface area contributed by atoms with Gasteiger partial charge in [-0.05, 0) is 51.3 Å². The number of likely N-dealkylation sites (tertiary alicyclic amines) is 1. The van der Waals surface area contributed by atoms with Gasteiger partial charge in [0.2, 0.25) is 5.91 Å². The Kier molecular flexibility index (Phi) is 5.86. The van der Waals surface area contributed by atoms with Crippen LogP contribution in [0.15, 0.2) is 24.3 Å². The van der Waals surface area contributed by atoms with Gasteiger partial charge >= 0.3 is 5.97 Å². The zero-order valence-electron chi connectivity index (χ0n) is 15.0. The van der Waals surface area contributed by atoms with Gasteiger partial charge < -0.3 is 14.4 Å². The number of amides is 1. The highest BCUT2D eigenvalue weighted by molar-refractivity contribution is 5.88. The minimum atomic E-state index is -0.650. The Hall–Kier alpha value is -2.04. The minimum absolute atomic E-state index is 0.0432. The molecule has 0 aromatic heterocycles. The van der Waals surface area contributed by atoms with Gasteiger partial charge in [0, 0.05) is 13.1 Å². The van der Waals surface area contributed by atoms with Crippen molar-refractivity contribution in [1.29, 1.82) is 0 Å². The summed E-state index contributed by atoms with van der Waals surface area (Å²) in [6.07, 6.45) is 1.61. The Bertz CT molecular complexity index is 580. The second kappa shape index (κ2) is 7.69. The Balaban J connectivity index is 2.11. The molecular weight excluding hydrogens is 306 g/mol. The first-order chi connectivity index (χ1) is 11.4. The van der Waals surface area contributed by atoms with Crippen molar-refractivity contribution in [2.45, 2.75) is 39.0 Å². The number of hydrogen-bond acceptors (Lipinski definition) is 4. The molecule has 5 nitrogen and oxygen atoms in total. The van der Waals surface area contributed by atoms with Crippen LogP contribution >= 0.6 is 0 Å². The molecule has 0 N–H and O–H groups in total. The summed E-state index contributed by atoms with van der Waals surface area (Å²) in [5, 5.41) is 0. The predicted molar refractivity (Wildman–Crippen MR) is 92.0 cm³/mol. The number of rotatable bonds is 5. The highest BCUT2D eigenvalue weighted by Gasteiger charge is 2.37. The number of benzene rings is 1. The summed E-state index contributed by atoms with van der Waals surface area (Å²) in [6, 6.07) is 7.57. The minimum Gasteiger partial charge on any atom is -0.497 e. The molecule has 1 amide bonds. The molecule has 1 aliphatic rings. The molecule has 1 aromatic carbocycles. The summed E-state index contributed by atoms with van der Waals surface area (Å²) in [7, 11) is 1.62. The Morgan fingerprint density at radius 1 is 1.25 bits per heavy atom. The van der Waals surface area contributed by atoms with E-state index in [-0.39, 0.29) is 17.8 Å². The van der Waals surface area contributed by atoms with Crippen molar-refractivity contribution in [3.63, 3.8) is 0 Å². The van der Waals surface area contributed by atoms with Crippen LogP contribution in [0.25, 0.3) is 0 Å². The van der Waals surface area contributed by atoms with Crippen molar-refractivity contribution in [1.82, 2.24) is 4.90 Å². The largest absolute Gasteiger partial charge is 0.497 e. The van der Waals surface area contributed by atoms with Gasteiger partial charge in [-0.2, -0.15) is 0 Å². The SMILES string of the molecule is CCOC(=O)C1CCCN(C(=O)C(C)(C)c2ccc(OC)cc2)C1. The summed E-state index contributed by atoms with van der Waals surface area (Å²) < 4.78 is 10.3. The molecule has 1 heterocycles. The van der Waals surface area contributed by atoms with Crippen LogP contribution < -0.4 is 4.74 Å². The van der Waals surface area contributed by atoms with Crippen LogP contribution in [-0.4, -0.2) is 43.6 Å². The van der Waals surface area contributed by atoms with E-state index in [0.29, 0.717) is 19.7 Å². The van der Waals surface area contributed by atoms with Gasteiger partial charge in [0.1, 0.15) is 5.75 Å². The first-order valence-corrected chi connectivity index (χ1v) is 8.50. The number of piperidine rings is 1. The van der Waals surface area contributed by atoms with E-state index < -0.39 is 5.41 Å². The normalized spacial score (nSPS) is 18.2. The average Bonchev–Trinajstić information content (AvgIpc) is 2.61. The highest BCUT2D eigenvalue weighted by Crippen LogP contribution is 2.29. The van der Waals surface area contributed by atoms with Crippen LogP contribution in [0.1, 0.15) is 39.2 Å². The molecule has 1 aliphatic heterocycles. The number of esters is 1. The first kappa shape index (κ1) is 18.3. The van der Waals surface area contributed by atoms with Crippen LogP contribution in [0.3, 0.4) is 0 Å². The molecule has 24 heavy (non-hydrogen) atoms. The molecule has 2 rings (SSSR count). The van der Waals surface area contributed by atoms with Crippen LogP contribution in [0.2, 0.25) is 0 Å². The lowest BCUT2D eigenvalue weighted by molar-refractivity contribution is -0.152. The van der Waals surface area contributed by atoms with Crippen molar-refractivity contribution >= 4 is 11.9 Å². The number of nitrogens with zero attached hydrogens (tertiary/aromatic N) is 1. The van der Waals surface area contributed by atoms with Gasteiger partial charge in [-0.1, -0.05) is 12.1 Å². The van der Waals surface area contributed by atoms with E-state index in [1.54, 1.807) is 18.9 Å². The molecule has 132 valence electrons. The number of carbonyl (C=O) groups is 2. The third kappa shape index (κ3) is 3.89. The second-order valence-electron chi connectivity index (χ2n) is 6.70. The molecule has 1 unspecified atom stereocenters. The molecule has 1 fully saturated rings. The molecule has 5 heteroatoms. The fourth-order valence-corrected chi connectivity index (χ4v) is 3.14. The maximum atomic E-state index is 13.0. The lowest BCUT2D eigenvalue weighted by Gasteiger charge is -2.37. The van der Waals surface area contributed by atoms with Gasteiger partial charge in [0.15, 0.2) is 0 Å². The highest BCUT2D eigenvalue weighted by atomic mass is 16.5. The fraction of sp³-hybridized carbons (Fsp3) is 0.579. The summed E-state index contributed by atoms with van der Waals surface area (Å²) in [5.74, 6) is 0.399. The molecule has 0 saturated carbocycles. The van der Waals surface area contributed by atoms with Gasteiger partial charge in [-0.15, -0.1) is 0 Å². The van der Waals surface area contributed by atoms with E-state index in [1.165, 1.54) is 0 Å². The number of carbonyl (C=O) groups excluding carboxylic acids is 2. The molecule has 1 atom stereocenters. The van der Waals surface area contributed by atoms with Crippen LogP contribution in [0.5, 0.6) is 5.75 Å². The molecule has 1 saturated heterocycles. The van der Waals surface area contributed by atoms with Crippen molar-refractivity contribution < 1.29 is 19.1 Å². The first-order valence-electron chi connectivity index (χ1n) is 8.50. The van der Waals surface area contributed by atoms with Gasteiger partial charge in [-0.25, -0.2) is 0 Å². The van der Waals surface area contributed by atoms with E-state index in [1.807, 2.05) is 38.1 Å². The lowest BCUT2D eigenvalue weighted by atomic mass is 9.82. The summed E-state index contributed by atoms with van der Waals surface area (Å²) in [4.78, 5) is 26.8. The zero-order valence-corrected chi connectivity index (χ0v) is 15.0. The van der Waals surface area contributed by atoms with Crippen LogP contribution in [0.4, 0.5) is 0 Å². The number of ether oxygens (including phenoxy) is 2. The van der Waals surface area contributed by atoms with E-state index >= 15 is 0 Å². The predicted octanol–water partition coefficient (Wildman–Crippen LogP) is 2.77. The van der Waals surface area contributed by atoms with Gasteiger partial charge in [-0.3, -0.25) is 9.59 Å². The second-order valence-corrected chi connectivity index (χ2v) is 6.70. The van der Waals surface area contributed by atoms with Crippen LogP contribution in [0, 0.1) is 5.92 Å². The quantitative estimate of drug-likeness (QED) is 0.778. The zero-order chi connectivity index (χ0) is 17.7. The monoisotopic (exact) mass is 333 g/mol. The van der Waals surface area contributed by atoms with E-state index in [4.69, 9.17) is 9.47 Å². The molecule has 0 bridgehead atoms. The van der Waals surface area contributed by atoms with Crippen molar-refractivity contribution in [3.05, 3.63) is 29.8 Å².